The number of anilines is 1. The van der Waals surface area contributed by atoms with Crippen molar-refractivity contribution >= 4 is 23.6 Å². The Kier molecular flexibility index (Phi) is 6.51. The third-order valence-corrected chi connectivity index (χ3v) is 3.88. The predicted molar refractivity (Wildman–Crippen MR) is 104 cm³/mol. The second-order valence-corrected chi connectivity index (χ2v) is 5.98. The van der Waals surface area contributed by atoms with E-state index in [0.717, 1.165) is 12.0 Å². The zero-order valence-electron chi connectivity index (χ0n) is 15.5. The standard InChI is InChI=1S/C21H21NO6/c1-25-17-5-2-4-15(12-17)6-9-21(24)28-14-20(23)22-16-7-8-18-19(13-16)27-11-3-10-26-18/h2,4-9,12-13H,3,10-11,14H2,1H3,(H,22,23)/b9-6+. The Morgan fingerprint density at radius 2 is 1.93 bits per heavy atom. The van der Waals surface area contributed by atoms with E-state index < -0.39 is 18.5 Å². The molecule has 1 aliphatic rings. The van der Waals surface area contributed by atoms with Gasteiger partial charge in [-0.25, -0.2) is 4.79 Å². The Morgan fingerprint density at radius 3 is 2.75 bits per heavy atom. The summed E-state index contributed by atoms with van der Waals surface area (Å²) in [5.41, 5.74) is 1.32. The average Bonchev–Trinajstić information content (AvgIpc) is 2.96. The monoisotopic (exact) mass is 383 g/mol. The molecule has 1 heterocycles. The van der Waals surface area contributed by atoms with E-state index in [2.05, 4.69) is 5.32 Å². The number of hydrogen-bond donors (Lipinski definition) is 1. The summed E-state index contributed by atoms with van der Waals surface area (Å²) in [6.07, 6.45) is 3.65. The van der Waals surface area contributed by atoms with E-state index in [-0.39, 0.29) is 0 Å². The van der Waals surface area contributed by atoms with Crippen molar-refractivity contribution in [2.45, 2.75) is 6.42 Å². The van der Waals surface area contributed by atoms with Crippen LogP contribution in [0.15, 0.2) is 48.5 Å². The lowest BCUT2D eigenvalue weighted by molar-refractivity contribution is -0.142. The number of nitrogens with one attached hydrogen (secondary N) is 1. The van der Waals surface area contributed by atoms with Crippen molar-refractivity contribution in [3.8, 4) is 17.2 Å². The molecule has 7 heteroatoms. The molecular weight excluding hydrogens is 362 g/mol. The molecule has 0 unspecified atom stereocenters. The third-order valence-electron chi connectivity index (χ3n) is 3.88. The zero-order valence-corrected chi connectivity index (χ0v) is 15.5. The van der Waals surface area contributed by atoms with Crippen LogP contribution < -0.4 is 19.5 Å². The number of benzene rings is 2. The van der Waals surface area contributed by atoms with Gasteiger partial charge in [0.05, 0.1) is 20.3 Å². The Bertz CT molecular complexity index is 877. The molecule has 1 amide bonds. The third kappa shape index (κ3) is 5.51. The van der Waals surface area contributed by atoms with Crippen LogP contribution in [0.4, 0.5) is 5.69 Å². The number of amides is 1. The normalized spacial score (nSPS) is 12.9. The number of fused-ring (bicyclic) bond motifs is 1. The van der Waals surface area contributed by atoms with Gasteiger partial charge in [-0.3, -0.25) is 4.79 Å². The summed E-state index contributed by atoms with van der Waals surface area (Å²) in [7, 11) is 1.57. The van der Waals surface area contributed by atoms with E-state index in [1.54, 1.807) is 43.5 Å². The van der Waals surface area contributed by atoms with Gasteiger partial charge in [0.1, 0.15) is 5.75 Å². The molecule has 0 radical (unpaired) electrons. The second-order valence-electron chi connectivity index (χ2n) is 5.98. The lowest BCUT2D eigenvalue weighted by Gasteiger charge is -2.10. The van der Waals surface area contributed by atoms with Crippen molar-refractivity contribution in [1.29, 1.82) is 0 Å². The minimum atomic E-state index is -0.614. The number of carbonyl (C=O) groups is 2. The smallest absolute Gasteiger partial charge is 0.331 e. The van der Waals surface area contributed by atoms with Crippen LogP contribution in [0.5, 0.6) is 17.2 Å². The van der Waals surface area contributed by atoms with Crippen LogP contribution in [0.25, 0.3) is 6.08 Å². The van der Waals surface area contributed by atoms with Crippen LogP contribution in [0.2, 0.25) is 0 Å². The fourth-order valence-electron chi connectivity index (χ4n) is 2.53. The first kappa shape index (κ1) is 19.3. The molecule has 7 nitrogen and oxygen atoms in total. The number of esters is 1. The van der Waals surface area contributed by atoms with E-state index in [0.29, 0.717) is 36.1 Å². The molecule has 28 heavy (non-hydrogen) atoms. The van der Waals surface area contributed by atoms with Crippen molar-refractivity contribution in [2.75, 3.05) is 32.2 Å². The van der Waals surface area contributed by atoms with Gasteiger partial charge in [-0.1, -0.05) is 12.1 Å². The maximum Gasteiger partial charge on any atom is 0.331 e. The first-order valence-corrected chi connectivity index (χ1v) is 8.82. The zero-order chi connectivity index (χ0) is 19.8. The molecule has 2 aromatic rings. The average molecular weight is 383 g/mol. The van der Waals surface area contributed by atoms with Crippen molar-refractivity contribution in [3.05, 3.63) is 54.1 Å². The van der Waals surface area contributed by atoms with Gasteiger partial charge in [-0.2, -0.15) is 0 Å². The lowest BCUT2D eigenvalue weighted by Crippen LogP contribution is -2.20. The Balaban J connectivity index is 1.49. The van der Waals surface area contributed by atoms with E-state index in [1.807, 2.05) is 12.1 Å². The van der Waals surface area contributed by atoms with E-state index >= 15 is 0 Å². The quantitative estimate of drug-likeness (QED) is 0.610. The summed E-state index contributed by atoms with van der Waals surface area (Å²) >= 11 is 0. The summed E-state index contributed by atoms with van der Waals surface area (Å²) in [5, 5.41) is 2.66. The highest BCUT2D eigenvalue weighted by molar-refractivity contribution is 5.94. The van der Waals surface area contributed by atoms with Gasteiger partial charge < -0.3 is 24.3 Å². The van der Waals surface area contributed by atoms with Crippen LogP contribution in [0, 0.1) is 0 Å². The molecule has 0 spiro atoms. The van der Waals surface area contributed by atoms with Crippen LogP contribution in [-0.4, -0.2) is 38.8 Å². The molecule has 2 aromatic carbocycles. The van der Waals surface area contributed by atoms with Crippen molar-refractivity contribution < 1.29 is 28.5 Å². The van der Waals surface area contributed by atoms with Gasteiger partial charge in [-0.05, 0) is 35.9 Å². The molecule has 0 aromatic heterocycles. The largest absolute Gasteiger partial charge is 0.497 e. The molecule has 0 aliphatic carbocycles. The number of hydrogen-bond acceptors (Lipinski definition) is 6. The molecule has 0 atom stereocenters. The van der Waals surface area contributed by atoms with Crippen LogP contribution >= 0.6 is 0 Å². The Morgan fingerprint density at radius 1 is 1.11 bits per heavy atom. The molecule has 0 fully saturated rings. The highest BCUT2D eigenvalue weighted by atomic mass is 16.5. The lowest BCUT2D eigenvalue weighted by atomic mass is 10.2. The molecule has 3 rings (SSSR count). The highest BCUT2D eigenvalue weighted by Gasteiger charge is 2.12. The molecule has 1 aliphatic heterocycles. The molecule has 1 N–H and O–H groups in total. The van der Waals surface area contributed by atoms with Gasteiger partial charge in [-0.15, -0.1) is 0 Å². The summed E-state index contributed by atoms with van der Waals surface area (Å²) in [4.78, 5) is 23.8. The van der Waals surface area contributed by atoms with Crippen molar-refractivity contribution in [1.82, 2.24) is 0 Å². The predicted octanol–water partition coefficient (Wildman–Crippen LogP) is 3.05. The van der Waals surface area contributed by atoms with Gasteiger partial charge in [0.2, 0.25) is 0 Å². The Hall–Kier alpha value is -3.48. The summed E-state index contributed by atoms with van der Waals surface area (Å²) in [6.45, 7) is 0.759. The maximum absolute atomic E-state index is 12.0. The molecule has 146 valence electrons. The number of carbonyl (C=O) groups excluding carboxylic acids is 2. The molecule has 0 saturated heterocycles. The first-order valence-electron chi connectivity index (χ1n) is 8.82. The molecule has 0 saturated carbocycles. The van der Waals surface area contributed by atoms with E-state index in [4.69, 9.17) is 18.9 Å². The fraction of sp³-hybridized carbons (Fsp3) is 0.238. The summed E-state index contributed by atoms with van der Waals surface area (Å²) in [6, 6.07) is 12.3. The SMILES string of the molecule is COc1cccc(/C=C/C(=O)OCC(=O)Nc2ccc3c(c2)OCCCO3)c1. The van der Waals surface area contributed by atoms with Crippen LogP contribution in [0.1, 0.15) is 12.0 Å². The van der Waals surface area contributed by atoms with Gasteiger partial charge in [0, 0.05) is 24.3 Å². The fourth-order valence-corrected chi connectivity index (χ4v) is 2.53. The molecule has 0 bridgehead atoms. The van der Waals surface area contributed by atoms with E-state index in [9.17, 15) is 9.59 Å². The molecular formula is C21H21NO6. The minimum Gasteiger partial charge on any atom is -0.497 e. The van der Waals surface area contributed by atoms with E-state index in [1.165, 1.54) is 6.08 Å². The minimum absolute atomic E-state index is 0.393. The number of rotatable bonds is 6. The summed E-state index contributed by atoms with van der Waals surface area (Å²) in [5.74, 6) is 0.845. The van der Waals surface area contributed by atoms with Gasteiger partial charge in [0.15, 0.2) is 18.1 Å². The van der Waals surface area contributed by atoms with Crippen molar-refractivity contribution in [2.24, 2.45) is 0 Å². The van der Waals surface area contributed by atoms with Crippen LogP contribution in [0.3, 0.4) is 0 Å². The number of methoxy groups -OCH3 is 1. The van der Waals surface area contributed by atoms with Gasteiger partial charge in [0.25, 0.3) is 5.91 Å². The van der Waals surface area contributed by atoms with Crippen LogP contribution in [-0.2, 0) is 14.3 Å². The summed E-state index contributed by atoms with van der Waals surface area (Å²) < 4.78 is 21.2. The first-order chi connectivity index (χ1) is 13.6. The number of ether oxygens (including phenoxy) is 4. The Labute approximate surface area is 162 Å². The second kappa shape index (κ2) is 9.45. The van der Waals surface area contributed by atoms with Crippen molar-refractivity contribution in [3.63, 3.8) is 0 Å². The highest BCUT2D eigenvalue weighted by Crippen LogP contribution is 2.32. The maximum atomic E-state index is 12.0. The topological polar surface area (TPSA) is 83.1 Å². The van der Waals surface area contributed by atoms with Gasteiger partial charge >= 0.3 is 5.97 Å².